The summed E-state index contributed by atoms with van der Waals surface area (Å²) in [6.07, 6.45) is 4.52. The number of anilines is 1. The minimum absolute atomic E-state index is 0.0802. The maximum atomic E-state index is 11.0. The third-order valence-electron chi connectivity index (χ3n) is 9.35. The molecule has 11 heteroatoms. The van der Waals surface area contributed by atoms with Gasteiger partial charge in [0.2, 0.25) is 0 Å². The van der Waals surface area contributed by atoms with E-state index in [2.05, 4.69) is 83.0 Å². The molecule has 6 rings (SSSR count). The van der Waals surface area contributed by atoms with E-state index in [4.69, 9.17) is 10.7 Å². The summed E-state index contributed by atoms with van der Waals surface area (Å²) < 4.78 is 1.60. The molecule has 3 aromatic heterocycles. The van der Waals surface area contributed by atoms with Crippen LogP contribution in [-0.4, -0.2) is 80.9 Å². The lowest BCUT2D eigenvalue weighted by atomic mass is 9.76. The first kappa shape index (κ1) is 28.0. The first-order valence-corrected chi connectivity index (χ1v) is 14.9. The third kappa shape index (κ3) is 5.30. The predicted octanol–water partition coefficient (Wildman–Crippen LogP) is 3.38. The second-order valence-electron chi connectivity index (χ2n) is 13.5. The fourth-order valence-electron chi connectivity index (χ4n) is 6.77. The molecule has 0 saturated heterocycles. The molecule has 11 nitrogen and oxygen atoms in total. The Morgan fingerprint density at radius 1 is 1.12 bits per heavy atom. The van der Waals surface area contributed by atoms with Gasteiger partial charge in [0, 0.05) is 31.0 Å². The number of nitrogen functional groups attached to an aromatic ring is 1. The van der Waals surface area contributed by atoms with Gasteiger partial charge in [0.1, 0.15) is 18.3 Å². The number of nitrogens with one attached hydrogen (secondary N) is 1. The number of hydrogen-bond acceptors (Lipinski definition) is 9. The van der Waals surface area contributed by atoms with Gasteiger partial charge in [-0.2, -0.15) is 0 Å². The maximum Gasteiger partial charge on any atom is 0.184 e. The summed E-state index contributed by atoms with van der Waals surface area (Å²) in [7, 11) is 0. The fraction of sp³-hybridized carbons (Fsp3) is 0.633. The molecule has 41 heavy (non-hydrogen) atoms. The van der Waals surface area contributed by atoms with E-state index in [0.29, 0.717) is 35.6 Å². The molecule has 5 N–H and O–H groups in total. The average Bonchev–Trinajstić information content (AvgIpc) is 3.58. The minimum atomic E-state index is -0.951. The van der Waals surface area contributed by atoms with Crippen molar-refractivity contribution in [2.45, 2.75) is 102 Å². The van der Waals surface area contributed by atoms with Gasteiger partial charge in [0.15, 0.2) is 17.0 Å². The van der Waals surface area contributed by atoms with Crippen LogP contribution in [0, 0.1) is 11.8 Å². The number of hydrogen-bond donors (Lipinski definition) is 4. The Morgan fingerprint density at radius 3 is 2.63 bits per heavy atom. The zero-order valence-electron chi connectivity index (χ0n) is 24.7. The molecule has 4 atom stereocenters. The SMILES string of the molecule is CC(C)N(C[C@H]1C[C@@H](n2nnc3c(N)ncnc32)[C@H](O)[C@@H]1O)C1CC(CCc2nc3ccc(C(C)(C)C)cc3[nH]2)C1. The van der Waals surface area contributed by atoms with Crippen LogP contribution in [0.1, 0.15) is 77.7 Å². The van der Waals surface area contributed by atoms with E-state index in [1.165, 1.54) is 11.9 Å². The largest absolute Gasteiger partial charge is 0.390 e. The Balaban J connectivity index is 1.06. The average molecular weight is 562 g/mol. The standard InChI is InChI=1S/C30H43N9O2/c1-16(2)38(14-18-12-23(27(41)26(18)40)39-29-25(36-37-39)28(31)32-15-33-29)20-10-17(11-20)6-9-24-34-21-8-7-19(30(3,4)5)13-22(21)35-24/h7-8,13,15-18,20,23,26-27,40-41H,6,9-12,14H2,1-5H3,(H,34,35)(H2,31,32,33)/t17?,18-,20?,23-,26-,27+/m1/s1. The van der Waals surface area contributed by atoms with E-state index in [-0.39, 0.29) is 17.2 Å². The zero-order valence-corrected chi connectivity index (χ0v) is 24.7. The lowest BCUT2D eigenvalue weighted by molar-refractivity contribution is -0.0188. The second kappa shape index (κ2) is 10.6. The van der Waals surface area contributed by atoms with E-state index >= 15 is 0 Å². The van der Waals surface area contributed by atoms with Crippen LogP contribution in [0.5, 0.6) is 0 Å². The van der Waals surface area contributed by atoms with Gasteiger partial charge in [-0.25, -0.2) is 19.6 Å². The van der Waals surface area contributed by atoms with Gasteiger partial charge in [0.05, 0.1) is 23.2 Å². The summed E-state index contributed by atoms with van der Waals surface area (Å²) in [5.74, 6) is 1.91. The lowest BCUT2D eigenvalue weighted by Gasteiger charge is -2.46. The zero-order chi connectivity index (χ0) is 29.1. The van der Waals surface area contributed by atoms with Gasteiger partial charge in [-0.3, -0.25) is 4.90 Å². The van der Waals surface area contributed by atoms with Crippen LogP contribution < -0.4 is 5.73 Å². The van der Waals surface area contributed by atoms with Gasteiger partial charge in [-0.05, 0) is 68.6 Å². The van der Waals surface area contributed by atoms with Crippen molar-refractivity contribution in [3.05, 3.63) is 35.9 Å². The van der Waals surface area contributed by atoms with Crippen molar-refractivity contribution in [1.29, 1.82) is 0 Å². The smallest absolute Gasteiger partial charge is 0.184 e. The topological polar surface area (TPSA) is 155 Å². The molecule has 2 aliphatic carbocycles. The van der Waals surface area contributed by atoms with Crippen molar-refractivity contribution in [3.8, 4) is 0 Å². The Labute approximate surface area is 240 Å². The quantitative estimate of drug-likeness (QED) is 0.253. The number of nitrogens with zero attached hydrogens (tertiary/aromatic N) is 7. The Kier molecular flexibility index (Phi) is 7.24. The summed E-state index contributed by atoms with van der Waals surface area (Å²) in [5, 5.41) is 30.3. The molecule has 4 aromatic rings. The summed E-state index contributed by atoms with van der Waals surface area (Å²) in [6, 6.07) is 6.96. The van der Waals surface area contributed by atoms with Crippen LogP contribution >= 0.6 is 0 Å². The second-order valence-corrected chi connectivity index (χ2v) is 13.5. The van der Waals surface area contributed by atoms with E-state index in [1.54, 1.807) is 4.68 Å². The molecular formula is C30H43N9O2. The first-order valence-electron chi connectivity index (χ1n) is 14.9. The van der Waals surface area contributed by atoms with Crippen molar-refractivity contribution in [2.24, 2.45) is 11.8 Å². The molecule has 0 aliphatic heterocycles. The van der Waals surface area contributed by atoms with Gasteiger partial charge < -0.3 is 20.9 Å². The van der Waals surface area contributed by atoms with Crippen molar-refractivity contribution in [3.63, 3.8) is 0 Å². The number of aromatic nitrogens is 7. The number of imidazole rings is 1. The highest BCUT2D eigenvalue weighted by molar-refractivity contribution is 5.80. The first-order chi connectivity index (χ1) is 19.5. The number of aliphatic hydroxyl groups excluding tert-OH is 2. The van der Waals surface area contributed by atoms with Gasteiger partial charge in [0.25, 0.3) is 0 Å². The maximum absolute atomic E-state index is 11.0. The van der Waals surface area contributed by atoms with E-state index in [9.17, 15) is 10.2 Å². The molecule has 2 fully saturated rings. The summed E-state index contributed by atoms with van der Waals surface area (Å²) in [6.45, 7) is 11.9. The van der Waals surface area contributed by atoms with E-state index in [0.717, 1.165) is 49.1 Å². The van der Waals surface area contributed by atoms with Crippen LogP contribution in [0.3, 0.4) is 0 Å². The highest BCUT2D eigenvalue weighted by Crippen LogP contribution is 2.41. The molecule has 1 aromatic carbocycles. The van der Waals surface area contributed by atoms with Crippen LogP contribution in [0.15, 0.2) is 24.5 Å². The Bertz CT molecular complexity index is 1520. The highest BCUT2D eigenvalue weighted by atomic mass is 16.3. The molecule has 3 heterocycles. The lowest BCUT2D eigenvalue weighted by Crippen LogP contribution is -2.51. The van der Waals surface area contributed by atoms with Gasteiger partial charge >= 0.3 is 0 Å². The summed E-state index contributed by atoms with van der Waals surface area (Å²) >= 11 is 0. The van der Waals surface area contributed by atoms with Crippen LogP contribution in [0.25, 0.3) is 22.2 Å². The number of aromatic amines is 1. The molecule has 2 aliphatic rings. The minimum Gasteiger partial charge on any atom is -0.390 e. The van der Waals surface area contributed by atoms with Crippen LogP contribution in [0.4, 0.5) is 5.82 Å². The number of nitrogens with two attached hydrogens (primary N) is 1. The molecule has 0 radical (unpaired) electrons. The third-order valence-corrected chi connectivity index (χ3v) is 9.35. The number of fused-ring (bicyclic) bond motifs is 2. The number of H-pyrrole nitrogens is 1. The van der Waals surface area contributed by atoms with E-state index in [1.807, 2.05) is 0 Å². The summed E-state index contributed by atoms with van der Waals surface area (Å²) in [4.78, 5) is 19.2. The molecule has 0 bridgehead atoms. The number of benzene rings is 1. The number of aryl methyl sites for hydroxylation is 1. The van der Waals surface area contributed by atoms with Crippen LogP contribution in [-0.2, 0) is 11.8 Å². The molecular weight excluding hydrogens is 518 g/mol. The molecule has 2 saturated carbocycles. The van der Waals surface area contributed by atoms with Gasteiger partial charge in [-0.1, -0.05) is 32.1 Å². The number of aliphatic hydroxyl groups is 2. The normalized spacial score (nSPS) is 27.0. The van der Waals surface area contributed by atoms with Gasteiger partial charge in [-0.15, -0.1) is 5.10 Å². The Hall–Kier alpha value is -3.15. The molecule has 0 spiro atoms. The Morgan fingerprint density at radius 2 is 1.90 bits per heavy atom. The molecule has 0 unspecified atom stereocenters. The van der Waals surface area contributed by atoms with E-state index < -0.39 is 18.2 Å². The van der Waals surface area contributed by atoms with Crippen LogP contribution in [0.2, 0.25) is 0 Å². The predicted molar refractivity (Wildman–Crippen MR) is 158 cm³/mol. The highest BCUT2D eigenvalue weighted by Gasteiger charge is 2.46. The monoisotopic (exact) mass is 561 g/mol. The van der Waals surface area contributed by atoms with Crippen molar-refractivity contribution in [1.82, 2.24) is 39.8 Å². The van der Waals surface area contributed by atoms with Crippen molar-refractivity contribution in [2.75, 3.05) is 12.3 Å². The molecule has 220 valence electrons. The number of rotatable bonds is 8. The van der Waals surface area contributed by atoms with Crippen molar-refractivity contribution >= 4 is 28.0 Å². The fourth-order valence-corrected chi connectivity index (χ4v) is 6.77. The summed E-state index contributed by atoms with van der Waals surface area (Å²) in [5.41, 5.74) is 10.4. The molecule has 0 amide bonds. The van der Waals surface area contributed by atoms with Crippen molar-refractivity contribution < 1.29 is 10.2 Å².